The van der Waals surface area contributed by atoms with Crippen LogP contribution in [0.5, 0.6) is 5.75 Å². The molecule has 3 nitrogen and oxygen atoms in total. The Morgan fingerprint density at radius 1 is 1.38 bits per heavy atom. The zero-order valence-corrected chi connectivity index (χ0v) is 14.1. The molecule has 1 aromatic heterocycles. The predicted molar refractivity (Wildman–Crippen MR) is 91.7 cm³/mol. The van der Waals surface area contributed by atoms with Crippen molar-refractivity contribution < 1.29 is 9.53 Å². The van der Waals surface area contributed by atoms with Crippen molar-refractivity contribution in [3.63, 3.8) is 0 Å². The molecular formula is C15H16ClNO2S2. The van der Waals surface area contributed by atoms with Crippen LogP contribution in [-0.2, 0) is 10.5 Å². The van der Waals surface area contributed by atoms with Crippen LogP contribution in [0, 0.1) is 0 Å². The fourth-order valence-electron chi connectivity index (χ4n) is 1.69. The lowest BCUT2D eigenvalue weighted by Gasteiger charge is -2.13. The highest BCUT2D eigenvalue weighted by atomic mass is 35.5. The van der Waals surface area contributed by atoms with Crippen molar-refractivity contribution >= 4 is 46.3 Å². The first-order chi connectivity index (χ1) is 10.1. The monoisotopic (exact) mass is 341 g/mol. The molecule has 1 heterocycles. The highest BCUT2D eigenvalue weighted by Gasteiger charge is 2.15. The second-order valence-electron chi connectivity index (χ2n) is 4.35. The summed E-state index contributed by atoms with van der Waals surface area (Å²) in [4.78, 5) is 13.4. The van der Waals surface area contributed by atoms with Gasteiger partial charge in [-0.15, -0.1) is 23.1 Å². The van der Waals surface area contributed by atoms with Crippen molar-refractivity contribution in [2.24, 2.45) is 0 Å². The Labute approximate surface area is 137 Å². The molecule has 2 rings (SSSR count). The minimum atomic E-state index is -0.157. The summed E-state index contributed by atoms with van der Waals surface area (Å²) in [5.41, 5.74) is 0.691. The molecule has 0 spiro atoms. The van der Waals surface area contributed by atoms with Crippen molar-refractivity contribution in [1.29, 1.82) is 0 Å². The maximum absolute atomic E-state index is 12.2. The van der Waals surface area contributed by atoms with Gasteiger partial charge in [-0.3, -0.25) is 4.79 Å². The molecule has 21 heavy (non-hydrogen) atoms. The maximum Gasteiger partial charge on any atom is 0.237 e. The molecule has 1 N–H and O–H groups in total. The lowest BCUT2D eigenvalue weighted by molar-refractivity contribution is -0.115. The van der Waals surface area contributed by atoms with Crippen LogP contribution < -0.4 is 10.1 Å². The number of rotatable bonds is 6. The Kier molecular flexibility index (Phi) is 5.96. The summed E-state index contributed by atoms with van der Waals surface area (Å²) in [5, 5.41) is 2.74. The Balaban J connectivity index is 1.90. The Morgan fingerprint density at radius 2 is 2.14 bits per heavy atom. The largest absolute Gasteiger partial charge is 0.495 e. The van der Waals surface area contributed by atoms with E-state index in [9.17, 15) is 4.79 Å². The zero-order valence-electron chi connectivity index (χ0n) is 11.8. The van der Waals surface area contributed by atoms with Gasteiger partial charge in [-0.1, -0.05) is 23.7 Å². The van der Waals surface area contributed by atoms with Gasteiger partial charge in [0.1, 0.15) is 5.75 Å². The number of thioether (sulfide) groups is 1. The number of nitrogens with one attached hydrogen (secondary N) is 1. The molecule has 0 radical (unpaired) electrons. The van der Waals surface area contributed by atoms with Gasteiger partial charge in [0, 0.05) is 10.6 Å². The summed E-state index contributed by atoms with van der Waals surface area (Å²) >= 11 is 9.02. The summed E-state index contributed by atoms with van der Waals surface area (Å²) in [6.45, 7) is 1.89. The van der Waals surface area contributed by atoms with E-state index in [4.69, 9.17) is 16.3 Å². The van der Waals surface area contributed by atoms with Gasteiger partial charge in [-0.05, 0) is 31.2 Å². The Bertz CT molecular complexity index is 615. The average Bonchev–Trinajstić information content (AvgIpc) is 2.91. The minimum absolute atomic E-state index is 0.0350. The van der Waals surface area contributed by atoms with Crippen molar-refractivity contribution in [2.75, 3.05) is 12.4 Å². The number of hydrogen-bond acceptors (Lipinski definition) is 4. The number of ether oxygens (including phenoxy) is 1. The number of methoxy groups -OCH3 is 1. The van der Waals surface area contributed by atoms with Gasteiger partial charge in [-0.25, -0.2) is 0 Å². The maximum atomic E-state index is 12.2. The van der Waals surface area contributed by atoms with Crippen LogP contribution in [0.3, 0.4) is 0 Å². The van der Waals surface area contributed by atoms with Gasteiger partial charge in [0.25, 0.3) is 0 Å². The number of carbonyl (C=O) groups excluding carboxylic acids is 1. The van der Waals surface area contributed by atoms with Crippen molar-refractivity contribution in [1.82, 2.24) is 0 Å². The van der Waals surface area contributed by atoms with Crippen LogP contribution in [0.2, 0.25) is 4.34 Å². The number of thiophene rings is 1. The van der Waals surface area contributed by atoms with Crippen LogP contribution in [0.25, 0.3) is 0 Å². The standard InChI is InChI=1S/C15H16ClNO2S2/c1-10(20-9-11-7-8-14(16)21-11)15(18)17-12-5-3-4-6-13(12)19-2/h3-8,10H,9H2,1-2H3,(H,17,18)/t10-/m0/s1. The second kappa shape index (κ2) is 7.73. The molecule has 0 fully saturated rings. The third-order valence-corrected chi connectivity index (χ3v) is 5.44. The van der Waals surface area contributed by atoms with Crippen LogP contribution in [0.15, 0.2) is 36.4 Å². The predicted octanol–water partition coefficient (Wildman–Crippen LogP) is 4.67. The van der Waals surface area contributed by atoms with Crippen LogP contribution >= 0.6 is 34.7 Å². The SMILES string of the molecule is COc1ccccc1NC(=O)[C@H](C)SCc1ccc(Cl)s1. The number of halogens is 1. The number of hydrogen-bond donors (Lipinski definition) is 1. The third-order valence-electron chi connectivity index (χ3n) is 2.84. The van der Waals surface area contributed by atoms with E-state index in [1.54, 1.807) is 30.2 Å². The highest BCUT2D eigenvalue weighted by molar-refractivity contribution is 7.99. The molecule has 0 saturated carbocycles. The van der Waals surface area contributed by atoms with Gasteiger partial charge in [0.15, 0.2) is 0 Å². The quantitative estimate of drug-likeness (QED) is 0.829. The molecule has 6 heteroatoms. The normalized spacial score (nSPS) is 12.0. The van der Waals surface area contributed by atoms with E-state index in [-0.39, 0.29) is 11.2 Å². The minimum Gasteiger partial charge on any atom is -0.495 e. The average molecular weight is 342 g/mol. The summed E-state index contributed by atoms with van der Waals surface area (Å²) in [5.74, 6) is 1.40. The number of anilines is 1. The number of amides is 1. The van der Waals surface area contributed by atoms with E-state index in [1.165, 1.54) is 4.88 Å². The molecule has 0 aliphatic heterocycles. The van der Waals surface area contributed by atoms with Gasteiger partial charge in [-0.2, -0.15) is 0 Å². The fourth-order valence-corrected chi connectivity index (χ4v) is 3.74. The molecule has 1 aromatic carbocycles. The number of carbonyl (C=O) groups is 1. The van der Waals surface area contributed by atoms with Gasteiger partial charge in [0.05, 0.1) is 22.4 Å². The summed E-state index contributed by atoms with van der Waals surface area (Å²) in [6.07, 6.45) is 0. The first-order valence-corrected chi connectivity index (χ1v) is 8.64. The van der Waals surface area contributed by atoms with E-state index in [2.05, 4.69) is 5.32 Å². The first-order valence-electron chi connectivity index (χ1n) is 6.40. The molecule has 0 aliphatic carbocycles. The van der Waals surface area contributed by atoms with E-state index >= 15 is 0 Å². The molecule has 112 valence electrons. The summed E-state index contributed by atoms with van der Waals surface area (Å²) in [7, 11) is 1.59. The molecule has 2 aromatic rings. The van der Waals surface area contributed by atoms with Crippen LogP contribution in [0.1, 0.15) is 11.8 Å². The summed E-state index contributed by atoms with van der Waals surface area (Å²) in [6, 6.07) is 11.2. The van der Waals surface area contributed by atoms with Crippen molar-refractivity contribution in [3.8, 4) is 5.75 Å². The van der Waals surface area contributed by atoms with Crippen molar-refractivity contribution in [3.05, 3.63) is 45.6 Å². The molecule has 0 aliphatic rings. The van der Waals surface area contributed by atoms with Gasteiger partial charge in [0.2, 0.25) is 5.91 Å². The van der Waals surface area contributed by atoms with Crippen LogP contribution in [-0.4, -0.2) is 18.3 Å². The highest BCUT2D eigenvalue weighted by Crippen LogP contribution is 2.28. The van der Waals surface area contributed by atoms with Gasteiger partial charge < -0.3 is 10.1 Å². The summed E-state index contributed by atoms with van der Waals surface area (Å²) < 4.78 is 6.00. The Morgan fingerprint density at radius 3 is 2.81 bits per heavy atom. The van der Waals surface area contributed by atoms with E-state index < -0.39 is 0 Å². The molecule has 1 atom stereocenters. The fraction of sp³-hybridized carbons (Fsp3) is 0.267. The van der Waals surface area contributed by atoms with E-state index in [0.29, 0.717) is 11.4 Å². The van der Waals surface area contributed by atoms with Gasteiger partial charge >= 0.3 is 0 Å². The molecule has 0 bridgehead atoms. The molecule has 0 saturated heterocycles. The number of para-hydroxylation sites is 2. The lowest BCUT2D eigenvalue weighted by atomic mass is 10.3. The number of benzene rings is 1. The first kappa shape index (κ1) is 16.2. The van der Waals surface area contributed by atoms with Crippen LogP contribution in [0.4, 0.5) is 5.69 Å². The smallest absolute Gasteiger partial charge is 0.237 e. The molecular weight excluding hydrogens is 326 g/mol. The Hall–Kier alpha value is -1.17. The topological polar surface area (TPSA) is 38.3 Å². The molecule has 0 unspecified atom stereocenters. The third kappa shape index (κ3) is 4.66. The second-order valence-corrected chi connectivity index (χ2v) is 7.48. The molecule has 1 amide bonds. The van der Waals surface area contributed by atoms with E-state index in [0.717, 1.165) is 10.1 Å². The van der Waals surface area contributed by atoms with Crippen molar-refractivity contribution in [2.45, 2.75) is 17.9 Å². The zero-order chi connectivity index (χ0) is 15.2. The van der Waals surface area contributed by atoms with E-state index in [1.807, 2.05) is 43.3 Å². The lowest BCUT2D eigenvalue weighted by Crippen LogP contribution is -2.22.